The van der Waals surface area contributed by atoms with Crippen LogP contribution in [0.5, 0.6) is 0 Å². The summed E-state index contributed by atoms with van der Waals surface area (Å²) >= 11 is 1.49. The van der Waals surface area contributed by atoms with Crippen molar-refractivity contribution in [1.82, 2.24) is 9.71 Å². The Hall–Kier alpha value is -1.77. The summed E-state index contributed by atoms with van der Waals surface area (Å²) in [6.45, 7) is 3.62. The van der Waals surface area contributed by atoms with Crippen molar-refractivity contribution in [1.29, 1.82) is 0 Å². The van der Waals surface area contributed by atoms with Crippen LogP contribution in [0.25, 0.3) is 0 Å². The van der Waals surface area contributed by atoms with Crippen LogP contribution in [0.2, 0.25) is 0 Å². The lowest BCUT2D eigenvalue weighted by Crippen LogP contribution is -2.43. The van der Waals surface area contributed by atoms with Crippen LogP contribution in [0.3, 0.4) is 0 Å². The van der Waals surface area contributed by atoms with Crippen molar-refractivity contribution in [2.24, 2.45) is 0 Å². The minimum absolute atomic E-state index is 0.0972. The molecule has 1 heterocycles. The topological polar surface area (TPSA) is 85.4 Å². The van der Waals surface area contributed by atoms with E-state index in [1.807, 2.05) is 12.3 Å². The molecule has 6 nitrogen and oxygen atoms in total. The highest BCUT2D eigenvalue weighted by Crippen LogP contribution is 2.41. The molecule has 3 rings (SSSR count). The summed E-state index contributed by atoms with van der Waals surface area (Å²) in [6.07, 6.45) is 3.33. The molecule has 140 valence electrons. The number of ether oxygens (including phenoxy) is 1. The van der Waals surface area contributed by atoms with Crippen LogP contribution in [0.1, 0.15) is 52.3 Å². The molecule has 0 radical (unpaired) electrons. The number of thiazole rings is 1. The number of carbonyl (C=O) groups is 1. The van der Waals surface area contributed by atoms with E-state index in [-0.39, 0.29) is 10.5 Å². The molecule has 0 unspecified atom stereocenters. The first-order valence-electron chi connectivity index (χ1n) is 8.43. The lowest BCUT2D eigenvalue weighted by atomic mass is 10.0. The van der Waals surface area contributed by atoms with Crippen molar-refractivity contribution in [2.45, 2.75) is 50.0 Å². The molecule has 0 saturated heterocycles. The van der Waals surface area contributed by atoms with Gasteiger partial charge in [-0.25, -0.2) is 18.2 Å². The highest BCUT2D eigenvalue weighted by molar-refractivity contribution is 7.89. The van der Waals surface area contributed by atoms with Gasteiger partial charge in [0.2, 0.25) is 10.0 Å². The Balaban J connectivity index is 2.01. The lowest BCUT2D eigenvalue weighted by molar-refractivity contribution is 0.0600. The van der Waals surface area contributed by atoms with Crippen LogP contribution < -0.4 is 4.72 Å². The fraction of sp³-hybridized carbons (Fsp3) is 0.444. The molecule has 1 N–H and O–H groups in total. The number of hydrogen-bond donors (Lipinski definition) is 1. The number of esters is 1. The Bertz CT molecular complexity index is 928. The second kappa shape index (κ2) is 7.09. The molecule has 1 aliphatic rings. The van der Waals surface area contributed by atoms with Crippen LogP contribution in [-0.4, -0.2) is 26.5 Å². The van der Waals surface area contributed by atoms with E-state index in [0.717, 1.165) is 36.4 Å². The quantitative estimate of drug-likeness (QED) is 0.787. The van der Waals surface area contributed by atoms with Gasteiger partial charge < -0.3 is 4.74 Å². The molecule has 2 aromatic rings. The second-order valence-corrected chi connectivity index (χ2v) is 9.17. The van der Waals surface area contributed by atoms with E-state index in [1.165, 1.54) is 24.5 Å². The zero-order chi connectivity index (χ0) is 18.9. The monoisotopic (exact) mass is 394 g/mol. The molecule has 0 bridgehead atoms. The third kappa shape index (κ3) is 3.54. The fourth-order valence-corrected chi connectivity index (χ4v) is 6.13. The van der Waals surface area contributed by atoms with Crippen molar-refractivity contribution in [3.63, 3.8) is 0 Å². The number of hydrogen-bond acceptors (Lipinski definition) is 6. The molecule has 0 spiro atoms. The summed E-state index contributed by atoms with van der Waals surface area (Å²) in [5.41, 5.74) is 1.00. The average molecular weight is 395 g/mol. The molecule has 26 heavy (non-hydrogen) atoms. The van der Waals surface area contributed by atoms with Crippen LogP contribution in [0.4, 0.5) is 0 Å². The van der Waals surface area contributed by atoms with Gasteiger partial charge in [-0.3, -0.25) is 0 Å². The third-order valence-corrected chi connectivity index (χ3v) is 7.56. The highest BCUT2D eigenvalue weighted by Gasteiger charge is 2.42. The summed E-state index contributed by atoms with van der Waals surface area (Å²) in [4.78, 5) is 16.4. The van der Waals surface area contributed by atoms with Crippen molar-refractivity contribution in [2.75, 3.05) is 7.11 Å². The van der Waals surface area contributed by atoms with E-state index in [2.05, 4.69) is 9.71 Å². The number of methoxy groups -OCH3 is 1. The number of nitrogens with one attached hydrogen (secondary N) is 1. The Kier molecular flexibility index (Phi) is 5.18. The third-order valence-electron chi connectivity index (χ3n) is 4.71. The molecule has 0 atom stereocenters. The van der Waals surface area contributed by atoms with Crippen LogP contribution in [-0.2, 0) is 20.3 Å². The van der Waals surface area contributed by atoms with Crippen LogP contribution in [0, 0.1) is 13.8 Å². The number of sulfonamides is 1. The number of benzene rings is 1. The summed E-state index contributed by atoms with van der Waals surface area (Å²) in [5, 5.41) is 2.74. The van der Waals surface area contributed by atoms with E-state index < -0.39 is 21.5 Å². The van der Waals surface area contributed by atoms with E-state index >= 15 is 0 Å². The molecule has 0 aliphatic heterocycles. The Labute approximate surface area is 157 Å². The predicted octanol–water partition coefficient (Wildman–Crippen LogP) is 3.29. The van der Waals surface area contributed by atoms with Gasteiger partial charge in [0.15, 0.2) is 0 Å². The number of rotatable bonds is 5. The van der Waals surface area contributed by atoms with Crippen molar-refractivity contribution >= 4 is 27.3 Å². The minimum atomic E-state index is -3.83. The number of carbonyl (C=O) groups excluding carboxylic acids is 1. The fourth-order valence-electron chi connectivity index (χ4n) is 3.36. The van der Waals surface area contributed by atoms with Gasteiger partial charge in [0.05, 0.1) is 23.1 Å². The Morgan fingerprint density at radius 3 is 2.54 bits per heavy atom. The largest absolute Gasteiger partial charge is 0.465 e. The second-order valence-electron chi connectivity index (χ2n) is 6.66. The van der Waals surface area contributed by atoms with Gasteiger partial charge in [-0.15, -0.1) is 11.3 Å². The maximum Gasteiger partial charge on any atom is 0.337 e. The molecule has 1 aliphatic carbocycles. The van der Waals surface area contributed by atoms with Gasteiger partial charge in [-0.05, 0) is 44.4 Å². The summed E-state index contributed by atoms with van der Waals surface area (Å²) in [5.74, 6) is -0.562. The molecule has 1 fully saturated rings. The number of aromatic nitrogens is 1. The molecule has 0 amide bonds. The molecule has 1 aromatic carbocycles. The lowest BCUT2D eigenvalue weighted by Gasteiger charge is -2.28. The van der Waals surface area contributed by atoms with Crippen molar-refractivity contribution in [3.8, 4) is 0 Å². The normalized spacial score (nSPS) is 16.6. The Morgan fingerprint density at radius 1 is 1.27 bits per heavy atom. The van der Waals surface area contributed by atoms with E-state index in [0.29, 0.717) is 5.56 Å². The van der Waals surface area contributed by atoms with Gasteiger partial charge in [-0.1, -0.05) is 18.9 Å². The average Bonchev–Trinajstić information content (AvgIpc) is 3.24. The Morgan fingerprint density at radius 2 is 1.96 bits per heavy atom. The smallest absolute Gasteiger partial charge is 0.337 e. The summed E-state index contributed by atoms with van der Waals surface area (Å²) in [6, 6.07) is 4.56. The number of nitrogens with zero attached hydrogens (tertiary/aromatic N) is 1. The number of aryl methyl sites for hydroxylation is 2. The SMILES string of the molecule is COC(=O)c1ccc(C)c(S(=O)(=O)NC2(c3nc(C)cs3)CCCC2)c1. The van der Waals surface area contributed by atoms with Crippen LogP contribution in [0.15, 0.2) is 28.5 Å². The van der Waals surface area contributed by atoms with E-state index in [9.17, 15) is 13.2 Å². The maximum atomic E-state index is 13.2. The van der Waals surface area contributed by atoms with Gasteiger partial charge in [0, 0.05) is 11.1 Å². The van der Waals surface area contributed by atoms with Gasteiger partial charge in [-0.2, -0.15) is 4.72 Å². The van der Waals surface area contributed by atoms with Crippen molar-refractivity contribution in [3.05, 3.63) is 45.4 Å². The van der Waals surface area contributed by atoms with E-state index in [1.54, 1.807) is 19.1 Å². The predicted molar refractivity (Wildman–Crippen MR) is 99.8 cm³/mol. The zero-order valence-corrected chi connectivity index (χ0v) is 16.7. The molecule has 1 aromatic heterocycles. The van der Waals surface area contributed by atoms with Crippen molar-refractivity contribution < 1.29 is 17.9 Å². The standard InChI is InChI=1S/C18H22N2O4S2/c1-12-6-7-14(16(21)24-3)10-15(12)26(22,23)20-18(8-4-5-9-18)17-19-13(2)11-25-17/h6-7,10-11,20H,4-5,8-9H2,1-3H3. The molecular formula is C18H22N2O4S2. The van der Waals surface area contributed by atoms with Crippen LogP contribution >= 0.6 is 11.3 Å². The molecular weight excluding hydrogens is 372 g/mol. The first-order valence-corrected chi connectivity index (χ1v) is 10.8. The first kappa shape index (κ1) is 19.0. The first-order chi connectivity index (χ1) is 12.3. The molecule has 8 heteroatoms. The molecule has 1 saturated carbocycles. The van der Waals surface area contributed by atoms with Gasteiger partial charge in [0.25, 0.3) is 0 Å². The maximum absolute atomic E-state index is 13.2. The zero-order valence-electron chi connectivity index (χ0n) is 15.0. The minimum Gasteiger partial charge on any atom is -0.465 e. The van der Waals surface area contributed by atoms with Gasteiger partial charge in [0.1, 0.15) is 5.01 Å². The van der Waals surface area contributed by atoms with Gasteiger partial charge >= 0.3 is 5.97 Å². The van der Waals surface area contributed by atoms with E-state index in [4.69, 9.17) is 4.74 Å². The summed E-state index contributed by atoms with van der Waals surface area (Å²) in [7, 11) is -2.56. The summed E-state index contributed by atoms with van der Waals surface area (Å²) < 4.78 is 34.0. The highest BCUT2D eigenvalue weighted by atomic mass is 32.2.